The Balaban J connectivity index is 1.68. The Morgan fingerprint density at radius 1 is 1.41 bits per heavy atom. The Kier molecular flexibility index (Phi) is 4.66. The molecule has 2 aliphatic rings. The fourth-order valence-corrected chi connectivity index (χ4v) is 3.35. The fourth-order valence-electron chi connectivity index (χ4n) is 3.35. The van der Waals surface area contributed by atoms with Crippen LogP contribution in [0.5, 0.6) is 0 Å². The third-order valence-corrected chi connectivity index (χ3v) is 4.59. The van der Waals surface area contributed by atoms with E-state index in [1.807, 2.05) is 0 Å². The van der Waals surface area contributed by atoms with Crippen LogP contribution in [0.15, 0.2) is 0 Å². The molecule has 2 aliphatic carbocycles. The highest BCUT2D eigenvalue weighted by Crippen LogP contribution is 2.30. The molecule has 0 unspecified atom stereocenters. The summed E-state index contributed by atoms with van der Waals surface area (Å²) in [5.41, 5.74) is 4.07. The predicted molar refractivity (Wildman–Crippen MR) is 85.1 cm³/mol. The van der Waals surface area contributed by atoms with Gasteiger partial charge in [-0.1, -0.05) is 0 Å². The predicted octanol–water partition coefficient (Wildman–Crippen LogP) is 1.40. The van der Waals surface area contributed by atoms with E-state index in [0.717, 1.165) is 25.8 Å². The number of rotatable bonds is 7. The second-order valence-electron chi connectivity index (χ2n) is 6.51. The number of carbonyl (C=O) groups excluding carboxylic acids is 1. The monoisotopic (exact) mass is 307 g/mol. The maximum Gasteiger partial charge on any atom is 0.626 e. The summed E-state index contributed by atoms with van der Waals surface area (Å²) in [5, 5.41) is 17.9. The topological polar surface area (TPSA) is 81.8 Å². The van der Waals surface area contributed by atoms with Gasteiger partial charge in [-0.05, 0) is 57.4 Å². The number of amides is 1. The zero-order valence-electron chi connectivity index (χ0n) is 13.3. The molecule has 0 radical (unpaired) electrons. The van der Waals surface area contributed by atoms with E-state index in [-0.39, 0.29) is 0 Å². The lowest BCUT2D eigenvalue weighted by molar-refractivity contribution is 0.194. The van der Waals surface area contributed by atoms with E-state index in [2.05, 4.69) is 22.2 Å². The Labute approximate surface area is 131 Å². The highest BCUT2D eigenvalue weighted by Gasteiger charge is 2.28. The van der Waals surface area contributed by atoms with Crippen molar-refractivity contribution < 1.29 is 9.90 Å². The van der Waals surface area contributed by atoms with Gasteiger partial charge < -0.3 is 10.4 Å². The fraction of sp³-hybridized carbons (Fsp3) is 0.750. The van der Waals surface area contributed by atoms with Crippen molar-refractivity contribution in [1.82, 2.24) is 20.4 Å². The van der Waals surface area contributed by atoms with E-state index in [4.69, 9.17) is 10.2 Å². The van der Waals surface area contributed by atoms with Crippen LogP contribution in [0.25, 0.3) is 0 Å². The van der Waals surface area contributed by atoms with E-state index >= 15 is 0 Å². The van der Waals surface area contributed by atoms with Crippen LogP contribution in [0.2, 0.25) is 0 Å². The van der Waals surface area contributed by atoms with Crippen LogP contribution in [0.1, 0.15) is 62.0 Å². The number of hydrogen-bond acceptors (Lipinski definition) is 3. The first-order valence-electron chi connectivity index (χ1n) is 8.49. The number of fused-ring (bicyclic) bond motifs is 1. The molecule has 4 N–H and O–H groups in total. The molecule has 122 valence electrons. The Hall–Kier alpha value is -1.56. The van der Waals surface area contributed by atoms with E-state index < -0.39 is 6.09 Å². The number of hydrogen-bond donors (Lipinski definition) is 2. The molecule has 1 aromatic heterocycles. The molecule has 1 fully saturated rings. The molecule has 6 nitrogen and oxygen atoms in total. The number of aromatic nitrogens is 2. The summed E-state index contributed by atoms with van der Waals surface area (Å²) in [4.78, 5) is 10.6. The molecule has 0 saturated heterocycles. The van der Waals surface area contributed by atoms with Crippen LogP contribution in [-0.2, 0) is 19.4 Å². The highest BCUT2D eigenvalue weighted by atomic mass is 16.4. The first-order valence-corrected chi connectivity index (χ1v) is 8.49. The first-order chi connectivity index (χ1) is 10.6. The molecular formula is C16H27N4O2+. The van der Waals surface area contributed by atoms with Crippen LogP contribution in [0.4, 0.5) is 4.79 Å². The van der Waals surface area contributed by atoms with E-state index in [1.54, 1.807) is 0 Å². The van der Waals surface area contributed by atoms with Crippen molar-refractivity contribution in [3.05, 3.63) is 17.0 Å². The number of carbonyl (C=O) groups is 1. The van der Waals surface area contributed by atoms with Gasteiger partial charge in [-0.15, -0.1) is 0 Å². The third-order valence-electron chi connectivity index (χ3n) is 4.59. The van der Waals surface area contributed by atoms with Gasteiger partial charge in [0.25, 0.3) is 0 Å². The van der Waals surface area contributed by atoms with Gasteiger partial charge in [-0.3, -0.25) is 10.00 Å². The smallest absolute Gasteiger partial charge is 0.547 e. The molecule has 0 aliphatic heterocycles. The van der Waals surface area contributed by atoms with Crippen molar-refractivity contribution in [1.29, 1.82) is 0 Å². The van der Waals surface area contributed by atoms with Gasteiger partial charge in [-0.25, -0.2) is 0 Å². The normalized spacial score (nSPS) is 18.8. The molecule has 1 saturated carbocycles. The van der Waals surface area contributed by atoms with Crippen LogP contribution < -0.4 is 10.6 Å². The summed E-state index contributed by atoms with van der Waals surface area (Å²) in [7, 11) is 0. The minimum atomic E-state index is -0.703. The molecule has 1 atom stereocenters. The molecule has 0 spiro atoms. The molecule has 0 aromatic carbocycles. The Bertz CT molecular complexity index is 536. The average molecular weight is 307 g/mol. The van der Waals surface area contributed by atoms with Gasteiger partial charge >= 0.3 is 6.09 Å². The first kappa shape index (κ1) is 15.3. The average Bonchev–Trinajstić information content (AvgIpc) is 3.23. The van der Waals surface area contributed by atoms with Gasteiger partial charge in [0, 0.05) is 30.9 Å². The summed E-state index contributed by atoms with van der Waals surface area (Å²) >= 11 is 0. The van der Waals surface area contributed by atoms with Crippen LogP contribution in [0, 0.1) is 0 Å². The van der Waals surface area contributed by atoms with Crippen molar-refractivity contribution >= 4 is 6.09 Å². The third kappa shape index (κ3) is 3.61. The summed E-state index contributed by atoms with van der Waals surface area (Å²) in [6, 6.07) is 1.01. The molecule has 6 heteroatoms. The highest BCUT2D eigenvalue weighted by molar-refractivity contribution is 5.64. The second-order valence-corrected chi connectivity index (χ2v) is 6.51. The summed E-state index contributed by atoms with van der Waals surface area (Å²) in [6.45, 7) is 3.58. The van der Waals surface area contributed by atoms with Gasteiger partial charge in [0.05, 0.1) is 10.5 Å². The number of nitrogens with zero attached hydrogens (tertiary/aromatic N) is 2. The molecule has 22 heavy (non-hydrogen) atoms. The number of aryl methyl sites for hydroxylation is 1. The maximum absolute atomic E-state index is 10.6. The molecule has 0 bridgehead atoms. The van der Waals surface area contributed by atoms with Gasteiger partial charge in [0.2, 0.25) is 0 Å². The molecular weight excluding hydrogens is 280 g/mol. The minimum Gasteiger partial charge on any atom is -0.547 e. The van der Waals surface area contributed by atoms with Crippen molar-refractivity contribution in [2.24, 2.45) is 0 Å². The van der Waals surface area contributed by atoms with E-state index in [0.29, 0.717) is 18.6 Å². The summed E-state index contributed by atoms with van der Waals surface area (Å²) < 4.78 is 2.14. The Morgan fingerprint density at radius 3 is 2.91 bits per heavy atom. The lowest BCUT2D eigenvalue weighted by atomic mass is 9.94. The number of nitrogens with one attached hydrogen (secondary N) is 2. The van der Waals surface area contributed by atoms with Crippen molar-refractivity contribution in [3.8, 4) is 0 Å². The van der Waals surface area contributed by atoms with Crippen molar-refractivity contribution in [3.63, 3.8) is 0 Å². The largest absolute Gasteiger partial charge is 0.626 e. The zero-order chi connectivity index (χ0) is 15.5. The minimum absolute atomic E-state index is 0.327. The van der Waals surface area contributed by atoms with Crippen molar-refractivity contribution in [2.75, 3.05) is 6.54 Å². The van der Waals surface area contributed by atoms with E-state index in [1.165, 1.54) is 42.6 Å². The molecule has 1 amide bonds. The van der Waals surface area contributed by atoms with Gasteiger partial charge in [-0.2, -0.15) is 5.10 Å². The Morgan fingerprint density at radius 2 is 2.18 bits per heavy atom. The standard InChI is InChI=1S/C16H26N4O2/c1-11(18-12-7-8-12)15-13-5-2-3-6-14(13)20(19-15)10-4-9-17-16(21)22/h11-12,17-18H,2-10H2,1H3,(H,21,22)/p+1/t11-/m1/s1. The molecule has 3 rings (SSSR count). The van der Waals surface area contributed by atoms with Crippen LogP contribution in [0.3, 0.4) is 0 Å². The van der Waals surface area contributed by atoms with Crippen molar-refractivity contribution in [2.45, 2.75) is 70.5 Å². The van der Waals surface area contributed by atoms with E-state index in [9.17, 15) is 4.79 Å². The quantitative estimate of drug-likeness (QED) is 0.590. The molecule has 1 aromatic rings. The lowest BCUT2D eigenvalue weighted by Crippen LogP contribution is -2.23. The molecule has 1 heterocycles. The SMILES string of the molecule is C[C@@H](NC1CC1)c1nn(CCCNC(=O)[OH2+])c2c1CCCC2. The summed E-state index contributed by atoms with van der Waals surface area (Å²) in [5.74, 6) is 0. The lowest BCUT2D eigenvalue weighted by Gasteiger charge is -2.16. The van der Waals surface area contributed by atoms with Gasteiger partial charge in [0.1, 0.15) is 0 Å². The second kappa shape index (κ2) is 6.69. The summed E-state index contributed by atoms with van der Waals surface area (Å²) in [6.07, 6.45) is 7.46. The van der Waals surface area contributed by atoms with Crippen LogP contribution >= 0.6 is 0 Å². The van der Waals surface area contributed by atoms with Gasteiger partial charge in [0.15, 0.2) is 0 Å². The van der Waals surface area contributed by atoms with Crippen LogP contribution in [-0.4, -0.2) is 33.6 Å². The zero-order valence-corrected chi connectivity index (χ0v) is 13.3. The maximum atomic E-state index is 10.6.